The predicted molar refractivity (Wildman–Crippen MR) is 180 cm³/mol. The van der Waals surface area contributed by atoms with E-state index in [4.69, 9.17) is 4.42 Å². The van der Waals surface area contributed by atoms with Crippen LogP contribution in [0, 0.1) is 0 Å². The Bertz CT molecular complexity index is 2420. The molecule has 9 aromatic rings. The van der Waals surface area contributed by atoms with E-state index >= 15 is 0 Å². The Morgan fingerprint density at radius 1 is 0.465 bits per heavy atom. The molecule has 0 unspecified atom stereocenters. The average molecular weight is 550 g/mol. The van der Waals surface area contributed by atoms with Crippen molar-refractivity contribution in [1.82, 2.24) is 4.57 Å². The van der Waals surface area contributed by atoms with Crippen LogP contribution in [0.4, 0.5) is 0 Å². The van der Waals surface area contributed by atoms with E-state index < -0.39 is 0 Å². The number of furan rings is 1. The molecule has 7 aromatic carbocycles. The van der Waals surface area contributed by atoms with Crippen LogP contribution in [-0.4, -0.2) is 4.57 Å². The summed E-state index contributed by atoms with van der Waals surface area (Å²) in [7, 11) is 0. The second kappa shape index (κ2) is 9.47. The fourth-order valence-corrected chi connectivity index (χ4v) is 6.81. The first kappa shape index (κ1) is 24.0. The highest BCUT2D eigenvalue weighted by atomic mass is 16.3. The Labute approximate surface area is 249 Å². The molecule has 0 N–H and O–H groups in total. The zero-order valence-corrected chi connectivity index (χ0v) is 23.5. The number of aromatic nitrogens is 1. The maximum atomic E-state index is 6.68. The van der Waals surface area contributed by atoms with Crippen LogP contribution in [-0.2, 0) is 6.42 Å². The summed E-state index contributed by atoms with van der Waals surface area (Å²) >= 11 is 0. The second-order valence-corrected chi connectivity index (χ2v) is 11.4. The number of fused-ring (bicyclic) bond motifs is 7. The fraction of sp³-hybridized carbons (Fsp3) is 0.0244. The third-order valence-electron chi connectivity index (χ3n) is 8.83. The first-order valence-electron chi connectivity index (χ1n) is 14.8. The van der Waals surface area contributed by atoms with Gasteiger partial charge in [-0.2, -0.15) is 0 Å². The number of para-hydroxylation sites is 3. The van der Waals surface area contributed by atoms with Crippen LogP contribution < -0.4 is 0 Å². The molecule has 0 radical (unpaired) electrons. The van der Waals surface area contributed by atoms with Crippen LogP contribution in [0.5, 0.6) is 0 Å². The van der Waals surface area contributed by atoms with Gasteiger partial charge >= 0.3 is 0 Å². The zero-order chi connectivity index (χ0) is 28.3. The van der Waals surface area contributed by atoms with E-state index in [0.29, 0.717) is 0 Å². The molecule has 0 atom stereocenters. The smallest absolute Gasteiger partial charge is 0.159 e. The van der Waals surface area contributed by atoms with E-state index in [9.17, 15) is 0 Å². The fourth-order valence-electron chi connectivity index (χ4n) is 6.81. The summed E-state index contributed by atoms with van der Waals surface area (Å²) in [6.07, 6.45) is 0.850. The highest BCUT2D eigenvalue weighted by molar-refractivity contribution is 6.12. The largest absolute Gasteiger partial charge is 0.454 e. The molecule has 0 amide bonds. The monoisotopic (exact) mass is 549 g/mol. The van der Waals surface area contributed by atoms with Gasteiger partial charge in [0.05, 0.1) is 16.7 Å². The average Bonchev–Trinajstić information content (AvgIpc) is 3.60. The number of rotatable bonds is 4. The Morgan fingerprint density at radius 3 is 1.88 bits per heavy atom. The zero-order valence-electron chi connectivity index (χ0n) is 23.5. The molecule has 202 valence electrons. The molecule has 0 aliphatic heterocycles. The van der Waals surface area contributed by atoms with E-state index in [1.54, 1.807) is 0 Å². The van der Waals surface area contributed by atoms with E-state index in [1.165, 1.54) is 54.8 Å². The Morgan fingerprint density at radius 2 is 1.09 bits per heavy atom. The van der Waals surface area contributed by atoms with Gasteiger partial charge in [0.1, 0.15) is 5.58 Å². The molecule has 43 heavy (non-hydrogen) atoms. The molecular weight excluding hydrogens is 522 g/mol. The van der Waals surface area contributed by atoms with E-state index in [-0.39, 0.29) is 0 Å². The normalized spacial score (nSPS) is 11.8. The SMILES string of the molecule is c1ccc2c(-c3ccc(Cc4ccc5c(c4)oc4c(-n6c7ccccc7c7ccccc76)cccc45)cc3)cccc2c1. The van der Waals surface area contributed by atoms with E-state index in [1.807, 2.05) is 0 Å². The molecule has 0 fully saturated rings. The maximum absolute atomic E-state index is 6.68. The summed E-state index contributed by atoms with van der Waals surface area (Å²) in [5.41, 5.74) is 10.3. The summed E-state index contributed by atoms with van der Waals surface area (Å²) in [5.74, 6) is 0. The molecule has 0 spiro atoms. The van der Waals surface area contributed by atoms with Crippen molar-refractivity contribution in [2.24, 2.45) is 0 Å². The number of hydrogen-bond acceptors (Lipinski definition) is 1. The number of benzene rings is 7. The van der Waals surface area contributed by atoms with Gasteiger partial charge in [-0.1, -0.05) is 127 Å². The van der Waals surface area contributed by atoms with E-state index in [0.717, 1.165) is 34.0 Å². The molecule has 0 aliphatic carbocycles. The quantitative estimate of drug-likeness (QED) is 0.213. The van der Waals surface area contributed by atoms with Crippen molar-refractivity contribution in [3.63, 3.8) is 0 Å². The molecule has 2 heterocycles. The Balaban J connectivity index is 1.10. The minimum Gasteiger partial charge on any atom is -0.454 e. The summed E-state index contributed by atoms with van der Waals surface area (Å²) in [6, 6.07) is 54.5. The number of hydrogen-bond donors (Lipinski definition) is 0. The van der Waals surface area contributed by atoms with Gasteiger partial charge < -0.3 is 8.98 Å². The van der Waals surface area contributed by atoms with E-state index in [2.05, 4.69) is 156 Å². The van der Waals surface area contributed by atoms with Crippen molar-refractivity contribution in [3.8, 4) is 16.8 Å². The van der Waals surface area contributed by atoms with Gasteiger partial charge in [0.15, 0.2) is 5.58 Å². The highest BCUT2D eigenvalue weighted by Crippen LogP contribution is 2.38. The van der Waals surface area contributed by atoms with Crippen molar-refractivity contribution in [2.45, 2.75) is 6.42 Å². The lowest BCUT2D eigenvalue weighted by Crippen LogP contribution is -1.93. The van der Waals surface area contributed by atoms with Crippen molar-refractivity contribution >= 4 is 54.5 Å². The van der Waals surface area contributed by atoms with Gasteiger partial charge in [0.25, 0.3) is 0 Å². The minimum atomic E-state index is 0.850. The van der Waals surface area contributed by atoms with Gasteiger partial charge in [0, 0.05) is 21.5 Å². The van der Waals surface area contributed by atoms with Gasteiger partial charge in [-0.25, -0.2) is 0 Å². The summed E-state index contributed by atoms with van der Waals surface area (Å²) in [5, 5.41) is 7.34. The van der Waals surface area contributed by atoms with Crippen LogP contribution >= 0.6 is 0 Å². The van der Waals surface area contributed by atoms with Gasteiger partial charge in [-0.3, -0.25) is 0 Å². The maximum Gasteiger partial charge on any atom is 0.159 e. The van der Waals surface area contributed by atoms with Crippen LogP contribution in [0.1, 0.15) is 11.1 Å². The predicted octanol–water partition coefficient (Wildman–Crippen LogP) is 11.1. The minimum absolute atomic E-state index is 0.850. The van der Waals surface area contributed by atoms with Crippen LogP contribution in [0.2, 0.25) is 0 Å². The lowest BCUT2D eigenvalue weighted by atomic mass is 9.96. The van der Waals surface area contributed by atoms with Gasteiger partial charge in [0.2, 0.25) is 0 Å². The second-order valence-electron chi connectivity index (χ2n) is 11.4. The molecule has 0 saturated carbocycles. The number of nitrogens with zero attached hydrogens (tertiary/aromatic N) is 1. The highest BCUT2D eigenvalue weighted by Gasteiger charge is 2.17. The van der Waals surface area contributed by atoms with Gasteiger partial charge in [-0.05, 0) is 63.7 Å². The molecule has 2 aromatic heterocycles. The molecular formula is C41H27NO. The third kappa shape index (κ3) is 3.80. The first-order chi connectivity index (χ1) is 21.3. The standard InChI is InChI=1S/C41H27NO/c1-2-11-31-29(9-1)10-7-14-32(31)30-22-19-27(20-23-30)25-28-21-24-35-36-15-8-18-39(41(36)43-40(35)26-28)42-37-16-5-3-12-33(37)34-13-4-6-17-38(34)42/h1-24,26H,25H2. The lowest BCUT2D eigenvalue weighted by Gasteiger charge is -2.08. The van der Waals surface area contributed by atoms with Gasteiger partial charge in [-0.15, -0.1) is 0 Å². The van der Waals surface area contributed by atoms with Crippen molar-refractivity contribution in [2.75, 3.05) is 0 Å². The molecule has 0 aliphatic rings. The van der Waals surface area contributed by atoms with Crippen molar-refractivity contribution in [1.29, 1.82) is 0 Å². The van der Waals surface area contributed by atoms with Crippen molar-refractivity contribution < 1.29 is 4.42 Å². The van der Waals surface area contributed by atoms with Crippen molar-refractivity contribution in [3.05, 3.63) is 163 Å². The van der Waals surface area contributed by atoms with Crippen LogP contribution in [0.25, 0.3) is 71.3 Å². The Kier molecular flexibility index (Phi) is 5.30. The molecule has 0 bridgehead atoms. The molecule has 2 heteroatoms. The lowest BCUT2D eigenvalue weighted by molar-refractivity contribution is 0.666. The topological polar surface area (TPSA) is 18.1 Å². The summed E-state index contributed by atoms with van der Waals surface area (Å²) < 4.78 is 9.02. The summed E-state index contributed by atoms with van der Waals surface area (Å²) in [4.78, 5) is 0. The molecule has 0 saturated heterocycles. The van der Waals surface area contributed by atoms with Crippen LogP contribution in [0.15, 0.2) is 156 Å². The van der Waals surface area contributed by atoms with Crippen LogP contribution in [0.3, 0.4) is 0 Å². The first-order valence-corrected chi connectivity index (χ1v) is 14.8. The Hall–Kier alpha value is -5.60. The molecule has 2 nitrogen and oxygen atoms in total. The summed E-state index contributed by atoms with van der Waals surface area (Å²) in [6.45, 7) is 0. The third-order valence-corrected chi connectivity index (χ3v) is 8.83. The molecule has 9 rings (SSSR count).